The molecule has 1 unspecified atom stereocenters. The number of aryl methyl sites for hydroxylation is 4. The first-order valence-corrected chi connectivity index (χ1v) is 9.58. The predicted octanol–water partition coefficient (Wildman–Crippen LogP) is 3.50. The van der Waals surface area contributed by atoms with Crippen LogP contribution in [0.1, 0.15) is 45.7 Å². The molecule has 1 N–H and O–H groups in total. The Morgan fingerprint density at radius 1 is 1.35 bits per heavy atom. The minimum atomic E-state index is 0.00622. The van der Waals surface area contributed by atoms with Gasteiger partial charge < -0.3 is 9.84 Å². The zero-order valence-electron chi connectivity index (χ0n) is 15.6. The molecule has 7 heteroatoms. The van der Waals surface area contributed by atoms with E-state index < -0.39 is 0 Å². The van der Waals surface area contributed by atoms with Gasteiger partial charge in [-0.2, -0.15) is 5.10 Å². The Morgan fingerprint density at radius 3 is 2.73 bits per heavy atom. The monoisotopic (exact) mass is 372 g/mol. The van der Waals surface area contributed by atoms with Gasteiger partial charge >= 0.3 is 0 Å². The van der Waals surface area contributed by atoms with E-state index in [2.05, 4.69) is 27.7 Å². The summed E-state index contributed by atoms with van der Waals surface area (Å²) in [5.74, 6) is 0.808. The second-order valence-electron chi connectivity index (χ2n) is 6.51. The molecule has 26 heavy (non-hydrogen) atoms. The van der Waals surface area contributed by atoms with Gasteiger partial charge in [0.1, 0.15) is 11.8 Å². The van der Waals surface area contributed by atoms with E-state index in [4.69, 9.17) is 4.52 Å². The number of hydrogen-bond donors (Lipinski definition) is 1. The van der Waals surface area contributed by atoms with E-state index in [1.54, 1.807) is 11.3 Å². The lowest BCUT2D eigenvalue weighted by Gasteiger charge is -2.19. The van der Waals surface area contributed by atoms with E-state index in [-0.39, 0.29) is 11.9 Å². The molecule has 0 bridgehead atoms. The van der Waals surface area contributed by atoms with Crippen molar-refractivity contribution in [2.45, 2.75) is 46.6 Å². The zero-order chi connectivity index (χ0) is 18.7. The van der Waals surface area contributed by atoms with Crippen molar-refractivity contribution in [3.63, 3.8) is 0 Å². The number of rotatable bonds is 7. The average Bonchev–Trinajstić information content (AvgIpc) is 3.30. The number of thiophene rings is 1. The first-order valence-electron chi connectivity index (χ1n) is 8.70. The van der Waals surface area contributed by atoms with Gasteiger partial charge in [0.25, 0.3) is 0 Å². The number of nitrogens with one attached hydrogen (secondary N) is 1. The quantitative estimate of drug-likeness (QED) is 0.689. The molecule has 0 spiro atoms. The molecule has 0 radical (unpaired) electrons. The molecule has 3 heterocycles. The summed E-state index contributed by atoms with van der Waals surface area (Å²) in [7, 11) is 0. The Labute approximate surface area is 157 Å². The van der Waals surface area contributed by atoms with Crippen LogP contribution in [0.25, 0.3) is 0 Å². The fourth-order valence-electron chi connectivity index (χ4n) is 3.15. The SMILES string of the molecule is Cc1cc(C)n(C(CNC(=O)CCc2c(C)noc2C)c2cccs2)n1. The molecule has 0 aliphatic carbocycles. The number of aromatic nitrogens is 3. The number of nitrogens with zero attached hydrogens (tertiary/aromatic N) is 3. The molecule has 3 aromatic heterocycles. The summed E-state index contributed by atoms with van der Waals surface area (Å²) in [6.45, 7) is 8.32. The molecule has 0 saturated heterocycles. The Morgan fingerprint density at radius 2 is 2.15 bits per heavy atom. The fourth-order valence-corrected chi connectivity index (χ4v) is 3.96. The van der Waals surface area contributed by atoms with Crippen LogP contribution in [0.3, 0.4) is 0 Å². The van der Waals surface area contributed by atoms with Gasteiger partial charge in [0.15, 0.2) is 0 Å². The Kier molecular flexibility index (Phi) is 5.56. The van der Waals surface area contributed by atoms with Gasteiger partial charge in [-0.05, 0) is 51.6 Å². The maximum Gasteiger partial charge on any atom is 0.220 e. The smallest absolute Gasteiger partial charge is 0.220 e. The Balaban J connectivity index is 1.65. The van der Waals surface area contributed by atoms with Crippen molar-refractivity contribution >= 4 is 17.2 Å². The van der Waals surface area contributed by atoms with Crippen LogP contribution in [0.4, 0.5) is 0 Å². The molecule has 3 rings (SSSR count). The first-order chi connectivity index (χ1) is 12.5. The highest BCUT2D eigenvalue weighted by molar-refractivity contribution is 7.10. The molecule has 138 valence electrons. The molecule has 0 aromatic carbocycles. The summed E-state index contributed by atoms with van der Waals surface area (Å²) in [5, 5.41) is 13.7. The standard InChI is InChI=1S/C19H24N4O2S/c1-12-10-13(2)23(21-12)17(18-6-5-9-26-18)11-20-19(24)8-7-16-14(3)22-25-15(16)4/h5-6,9-10,17H,7-8,11H2,1-4H3,(H,20,24). The molecule has 0 aliphatic heterocycles. The summed E-state index contributed by atoms with van der Waals surface area (Å²) < 4.78 is 7.15. The zero-order valence-corrected chi connectivity index (χ0v) is 16.4. The second-order valence-corrected chi connectivity index (χ2v) is 7.49. The van der Waals surface area contributed by atoms with Crippen molar-refractivity contribution in [2.75, 3.05) is 6.54 Å². The van der Waals surface area contributed by atoms with Gasteiger partial charge in [0.2, 0.25) is 5.91 Å². The molecule has 0 aliphatic rings. The topological polar surface area (TPSA) is 73.0 Å². The van der Waals surface area contributed by atoms with Crippen molar-refractivity contribution < 1.29 is 9.32 Å². The molecular weight excluding hydrogens is 348 g/mol. The lowest BCUT2D eigenvalue weighted by atomic mass is 10.1. The van der Waals surface area contributed by atoms with Gasteiger partial charge in [0, 0.05) is 29.1 Å². The van der Waals surface area contributed by atoms with Crippen molar-refractivity contribution in [1.82, 2.24) is 20.3 Å². The normalized spacial score (nSPS) is 12.3. The summed E-state index contributed by atoms with van der Waals surface area (Å²) in [5.41, 5.74) is 3.95. The number of amides is 1. The molecule has 0 saturated carbocycles. The van der Waals surface area contributed by atoms with Gasteiger partial charge in [-0.25, -0.2) is 0 Å². The predicted molar refractivity (Wildman–Crippen MR) is 101 cm³/mol. The number of carbonyl (C=O) groups excluding carboxylic acids is 1. The third-order valence-corrected chi connectivity index (χ3v) is 5.46. The van der Waals surface area contributed by atoms with Crippen LogP contribution in [-0.2, 0) is 11.2 Å². The van der Waals surface area contributed by atoms with Crippen LogP contribution < -0.4 is 5.32 Å². The van der Waals surface area contributed by atoms with E-state index >= 15 is 0 Å². The molecule has 1 atom stereocenters. The minimum Gasteiger partial charge on any atom is -0.361 e. The summed E-state index contributed by atoms with van der Waals surface area (Å²) in [4.78, 5) is 13.6. The van der Waals surface area contributed by atoms with Gasteiger partial charge in [-0.15, -0.1) is 11.3 Å². The van der Waals surface area contributed by atoms with Crippen molar-refractivity contribution in [3.8, 4) is 0 Å². The summed E-state index contributed by atoms with van der Waals surface area (Å²) >= 11 is 1.68. The molecule has 1 amide bonds. The largest absolute Gasteiger partial charge is 0.361 e. The highest BCUT2D eigenvalue weighted by Gasteiger charge is 2.19. The van der Waals surface area contributed by atoms with E-state index in [1.807, 2.05) is 43.8 Å². The lowest BCUT2D eigenvalue weighted by Crippen LogP contribution is -2.32. The molecular formula is C19H24N4O2S. The molecule has 0 fully saturated rings. The van der Waals surface area contributed by atoms with Crippen LogP contribution >= 0.6 is 11.3 Å². The highest BCUT2D eigenvalue weighted by Crippen LogP contribution is 2.24. The van der Waals surface area contributed by atoms with E-state index in [1.165, 1.54) is 4.88 Å². The second kappa shape index (κ2) is 7.86. The summed E-state index contributed by atoms with van der Waals surface area (Å²) in [6, 6.07) is 6.17. The Bertz CT molecular complexity index is 860. The molecule has 6 nitrogen and oxygen atoms in total. The third-order valence-electron chi connectivity index (χ3n) is 4.49. The maximum atomic E-state index is 12.4. The fraction of sp³-hybridized carbons (Fsp3) is 0.421. The maximum absolute atomic E-state index is 12.4. The van der Waals surface area contributed by atoms with E-state index in [0.29, 0.717) is 19.4 Å². The summed E-state index contributed by atoms with van der Waals surface area (Å²) in [6.07, 6.45) is 1.05. The van der Waals surface area contributed by atoms with Crippen molar-refractivity contribution in [2.24, 2.45) is 0 Å². The minimum absolute atomic E-state index is 0.00622. The van der Waals surface area contributed by atoms with Gasteiger partial charge in [0.05, 0.1) is 11.4 Å². The number of carbonyl (C=O) groups is 1. The third kappa shape index (κ3) is 4.04. The van der Waals surface area contributed by atoms with E-state index in [9.17, 15) is 4.79 Å². The van der Waals surface area contributed by atoms with Crippen molar-refractivity contribution in [1.29, 1.82) is 0 Å². The van der Waals surface area contributed by atoms with Crippen molar-refractivity contribution in [3.05, 3.63) is 56.9 Å². The highest BCUT2D eigenvalue weighted by atomic mass is 32.1. The molecule has 3 aromatic rings. The van der Waals surface area contributed by atoms with Crippen LogP contribution in [0.5, 0.6) is 0 Å². The van der Waals surface area contributed by atoms with Crippen LogP contribution in [0, 0.1) is 27.7 Å². The van der Waals surface area contributed by atoms with E-state index in [0.717, 1.165) is 28.4 Å². The van der Waals surface area contributed by atoms with Crippen LogP contribution in [0.2, 0.25) is 0 Å². The van der Waals surface area contributed by atoms with Crippen LogP contribution in [-0.4, -0.2) is 27.4 Å². The number of hydrogen-bond acceptors (Lipinski definition) is 5. The van der Waals surface area contributed by atoms with Gasteiger partial charge in [-0.3, -0.25) is 9.48 Å². The first kappa shape index (κ1) is 18.4. The Hall–Kier alpha value is -2.41. The average molecular weight is 372 g/mol. The lowest BCUT2D eigenvalue weighted by molar-refractivity contribution is -0.121. The van der Waals surface area contributed by atoms with Crippen LogP contribution in [0.15, 0.2) is 28.1 Å². The van der Waals surface area contributed by atoms with Gasteiger partial charge in [-0.1, -0.05) is 11.2 Å².